The molecule has 0 saturated heterocycles. The van der Waals surface area contributed by atoms with Crippen LogP contribution in [0.3, 0.4) is 0 Å². The standard InChI is InChI=1S/C15H19NO/c1-2-10-16-11-15(17)14-9-4-3-8-13(14)12-6-5-7-12/h2-4,8-9,12,16H,1,5-7,10-11H2. The van der Waals surface area contributed by atoms with Crippen LogP contribution in [0, 0.1) is 0 Å². The van der Waals surface area contributed by atoms with E-state index in [2.05, 4.69) is 18.0 Å². The molecule has 1 fully saturated rings. The summed E-state index contributed by atoms with van der Waals surface area (Å²) >= 11 is 0. The first-order chi connectivity index (χ1) is 8.33. The molecule has 17 heavy (non-hydrogen) atoms. The van der Waals surface area contributed by atoms with Crippen LogP contribution in [-0.2, 0) is 0 Å². The zero-order valence-corrected chi connectivity index (χ0v) is 10.1. The molecule has 0 aromatic heterocycles. The van der Waals surface area contributed by atoms with E-state index in [1.807, 2.05) is 18.2 Å². The van der Waals surface area contributed by atoms with E-state index < -0.39 is 0 Å². The van der Waals surface area contributed by atoms with E-state index in [4.69, 9.17) is 0 Å². The Labute approximate surface area is 103 Å². The molecule has 2 nitrogen and oxygen atoms in total. The van der Waals surface area contributed by atoms with E-state index in [1.54, 1.807) is 6.08 Å². The third-order valence-corrected chi connectivity index (χ3v) is 3.38. The van der Waals surface area contributed by atoms with Gasteiger partial charge in [0.2, 0.25) is 0 Å². The monoisotopic (exact) mass is 229 g/mol. The molecular formula is C15H19NO. The molecule has 0 unspecified atom stereocenters. The summed E-state index contributed by atoms with van der Waals surface area (Å²) in [6.07, 6.45) is 5.52. The van der Waals surface area contributed by atoms with E-state index in [0.29, 0.717) is 19.0 Å². The van der Waals surface area contributed by atoms with Gasteiger partial charge < -0.3 is 5.32 Å². The van der Waals surface area contributed by atoms with Crippen molar-refractivity contribution in [1.82, 2.24) is 5.32 Å². The molecule has 1 aromatic rings. The van der Waals surface area contributed by atoms with Gasteiger partial charge >= 0.3 is 0 Å². The quantitative estimate of drug-likeness (QED) is 0.461. The zero-order chi connectivity index (χ0) is 12.1. The molecule has 0 spiro atoms. The van der Waals surface area contributed by atoms with Crippen molar-refractivity contribution in [3.8, 4) is 0 Å². The summed E-state index contributed by atoms with van der Waals surface area (Å²) in [5.41, 5.74) is 2.14. The summed E-state index contributed by atoms with van der Waals surface area (Å²) in [6.45, 7) is 4.70. The third-order valence-electron chi connectivity index (χ3n) is 3.38. The van der Waals surface area contributed by atoms with Crippen molar-refractivity contribution < 1.29 is 4.79 Å². The third kappa shape index (κ3) is 2.83. The highest BCUT2D eigenvalue weighted by molar-refractivity contribution is 5.99. The van der Waals surface area contributed by atoms with Crippen LogP contribution in [0.2, 0.25) is 0 Å². The largest absolute Gasteiger partial charge is 0.306 e. The predicted octanol–water partition coefficient (Wildman–Crippen LogP) is 2.91. The molecule has 0 heterocycles. The van der Waals surface area contributed by atoms with Crippen LogP contribution in [0.1, 0.15) is 41.1 Å². The molecule has 0 amide bonds. The van der Waals surface area contributed by atoms with Crippen molar-refractivity contribution in [2.24, 2.45) is 0 Å². The highest BCUT2D eigenvalue weighted by Gasteiger charge is 2.23. The SMILES string of the molecule is C=CCNCC(=O)c1ccccc1C1CCC1. The lowest BCUT2D eigenvalue weighted by atomic mass is 9.77. The first kappa shape index (κ1) is 12.1. The first-order valence-electron chi connectivity index (χ1n) is 6.26. The number of carbonyl (C=O) groups is 1. The van der Waals surface area contributed by atoms with E-state index in [9.17, 15) is 4.79 Å². The van der Waals surface area contributed by atoms with Crippen molar-refractivity contribution in [3.63, 3.8) is 0 Å². The van der Waals surface area contributed by atoms with Gasteiger partial charge in [-0.25, -0.2) is 0 Å². The van der Waals surface area contributed by atoms with Gasteiger partial charge in [-0.15, -0.1) is 6.58 Å². The van der Waals surface area contributed by atoms with Gasteiger partial charge in [-0.2, -0.15) is 0 Å². The van der Waals surface area contributed by atoms with Crippen molar-refractivity contribution in [3.05, 3.63) is 48.0 Å². The van der Waals surface area contributed by atoms with Crippen LogP contribution in [-0.4, -0.2) is 18.9 Å². The Kier molecular flexibility index (Phi) is 4.10. The number of Topliss-reactive ketones (excluding diaryl/α,β-unsaturated/α-hetero) is 1. The number of nitrogens with one attached hydrogen (secondary N) is 1. The molecule has 1 aliphatic carbocycles. The van der Waals surface area contributed by atoms with Crippen molar-refractivity contribution in [2.75, 3.05) is 13.1 Å². The number of hydrogen-bond donors (Lipinski definition) is 1. The fourth-order valence-corrected chi connectivity index (χ4v) is 2.21. The molecule has 0 aliphatic heterocycles. The average Bonchev–Trinajstić information content (AvgIpc) is 2.28. The maximum Gasteiger partial charge on any atom is 0.176 e. The lowest BCUT2D eigenvalue weighted by Gasteiger charge is -2.27. The molecule has 0 radical (unpaired) electrons. The van der Waals surface area contributed by atoms with E-state index in [0.717, 1.165) is 5.56 Å². The molecule has 2 heteroatoms. The molecule has 2 rings (SSSR count). The minimum Gasteiger partial charge on any atom is -0.306 e. The lowest BCUT2D eigenvalue weighted by Crippen LogP contribution is -2.24. The topological polar surface area (TPSA) is 29.1 Å². The second kappa shape index (κ2) is 5.78. The first-order valence-corrected chi connectivity index (χ1v) is 6.26. The summed E-state index contributed by atoms with van der Waals surface area (Å²) in [5.74, 6) is 0.795. The van der Waals surface area contributed by atoms with Gasteiger partial charge in [0, 0.05) is 12.1 Å². The van der Waals surface area contributed by atoms with Crippen LogP contribution in [0.5, 0.6) is 0 Å². The maximum atomic E-state index is 12.1. The summed E-state index contributed by atoms with van der Waals surface area (Å²) in [6, 6.07) is 8.03. The van der Waals surface area contributed by atoms with Gasteiger partial charge in [0.1, 0.15) is 0 Å². The molecule has 0 bridgehead atoms. The minimum absolute atomic E-state index is 0.189. The summed E-state index contributed by atoms with van der Waals surface area (Å²) in [5, 5.41) is 3.07. The number of carbonyl (C=O) groups excluding carboxylic acids is 1. The molecule has 0 atom stereocenters. The van der Waals surface area contributed by atoms with Crippen molar-refractivity contribution >= 4 is 5.78 Å². The van der Waals surface area contributed by atoms with Gasteiger partial charge in [-0.05, 0) is 24.3 Å². The van der Waals surface area contributed by atoms with Gasteiger partial charge in [0.05, 0.1) is 6.54 Å². The molecule has 1 N–H and O–H groups in total. The smallest absolute Gasteiger partial charge is 0.176 e. The van der Waals surface area contributed by atoms with E-state index in [-0.39, 0.29) is 5.78 Å². The Morgan fingerprint density at radius 2 is 2.18 bits per heavy atom. The fraction of sp³-hybridized carbons (Fsp3) is 0.400. The number of ketones is 1. The van der Waals surface area contributed by atoms with E-state index >= 15 is 0 Å². The summed E-state index contributed by atoms with van der Waals surface area (Å²) in [4.78, 5) is 12.1. The van der Waals surface area contributed by atoms with Crippen molar-refractivity contribution in [1.29, 1.82) is 0 Å². The average molecular weight is 229 g/mol. The Balaban J connectivity index is 2.07. The Bertz CT molecular complexity index is 407. The highest BCUT2D eigenvalue weighted by atomic mass is 16.1. The van der Waals surface area contributed by atoms with Crippen LogP contribution in [0.15, 0.2) is 36.9 Å². The molecule has 90 valence electrons. The Morgan fingerprint density at radius 1 is 1.41 bits per heavy atom. The normalized spacial score (nSPS) is 15.3. The second-order valence-electron chi connectivity index (χ2n) is 4.56. The van der Waals surface area contributed by atoms with Crippen LogP contribution >= 0.6 is 0 Å². The molecular weight excluding hydrogens is 210 g/mol. The predicted molar refractivity (Wildman–Crippen MR) is 70.4 cm³/mol. The fourth-order valence-electron chi connectivity index (χ4n) is 2.21. The second-order valence-corrected chi connectivity index (χ2v) is 4.56. The van der Waals surface area contributed by atoms with Gasteiger partial charge in [0.25, 0.3) is 0 Å². The van der Waals surface area contributed by atoms with Crippen molar-refractivity contribution in [2.45, 2.75) is 25.2 Å². The molecule has 1 aliphatic rings. The van der Waals surface area contributed by atoms with Crippen LogP contribution in [0.25, 0.3) is 0 Å². The maximum absolute atomic E-state index is 12.1. The molecule has 1 saturated carbocycles. The Morgan fingerprint density at radius 3 is 2.82 bits per heavy atom. The Hall–Kier alpha value is -1.41. The van der Waals surface area contributed by atoms with Gasteiger partial charge in [0.15, 0.2) is 5.78 Å². The lowest BCUT2D eigenvalue weighted by molar-refractivity contribution is 0.0990. The highest BCUT2D eigenvalue weighted by Crippen LogP contribution is 2.37. The number of rotatable bonds is 6. The zero-order valence-electron chi connectivity index (χ0n) is 10.1. The summed E-state index contributed by atoms with van der Waals surface area (Å²) in [7, 11) is 0. The van der Waals surface area contributed by atoms with Gasteiger partial charge in [-0.3, -0.25) is 4.79 Å². The molecule has 1 aromatic carbocycles. The summed E-state index contributed by atoms with van der Waals surface area (Å²) < 4.78 is 0. The van der Waals surface area contributed by atoms with Crippen LogP contribution < -0.4 is 5.32 Å². The van der Waals surface area contributed by atoms with Gasteiger partial charge in [-0.1, -0.05) is 36.8 Å². The van der Waals surface area contributed by atoms with E-state index in [1.165, 1.54) is 24.8 Å². The number of hydrogen-bond acceptors (Lipinski definition) is 2. The van der Waals surface area contributed by atoms with Crippen LogP contribution in [0.4, 0.5) is 0 Å². The number of benzene rings is 1. The minimum atomic E-state index is 0.189.